The van der Waals surface area contributed by atoms with Crippen molar-refractivity contribution in [1.29, 1.82) is 0 Å². The Labute approximate surface area is 135 Å². The van der Waals surface area contributed by atoms with Gasteiger partial charge in [0.2, 0.25) is 0 Å². The second-order valence-corrected chi connectivity index (χ2v) is 5.73. The number of pyridine rings is 1. The van der Waals surface area contributed by atoms with Crippen molar-refractivity contribution in [3.05, 3.63) is 54.1 Å². The van der Waals surface area contributed by atoms with Gasteiger partial charge in [-0.15, -0.1) is 0 Å². The third kappa shape index (κ3) is 2.24. The largest absolute Gasteiger partial charge is 0.417 e. The van der Waals surface area contributed by atoms with Crippen LogP contribution in [0.15, 0.2) is 42.7 Å². The van der Waals surface area contributed by atoms with Gasteiger partial charge in [-0.2, -0.15) is 13.2 Å². The minimum atomic E-state index is -4.37. The number of alkyl halides is 3. The minimum Gasteiger partial charge on any atom is -0.331 e. The standard InChI is InChI=1S/C17H13F3N4/c1-10-21-13-7-11(3-5-15(13)23(10)2)14-9-24-8-12(17(18,19)20)4-6-16(24)22-14/h3-9H,1-2H3. The van der Waals surface area contributed by atoms with Crippen LogP contribution in [0.3, 0.4) is 0 Å². The van der Waals surface area contributed by atoms with E-state index in [4.69, 9.17) is 0 Å². The number of aryl methyl sites for hydroxylation is 2. The van der Waals surface area contributed by atoms with Crippen LogP contribution in [0.2, 0.25) is 0 Å². The van der Waals surface area contributed by atoms with Gasteiger partial charge in [0.25, 0.3) is 0 Å². The van der Waals surface area contributed by atoms with Gasteiger partial charge in [-0.25, -0.2) is 9.97 Å². The molecule has 24 heavy (non-hydrogen) atoms. The van der Waals surface area contributed by atoms with Gasteiger partial charge in [-0.05, 0) is 31.2 Å². The lowest BCUT2D eigenvalue weighted by molar-refractivity contribution is -0.137. The molecule has 3 heterocycles. The van der Waals surface area contributed by atoms with E-state index in [1.807, 2.05) is 36.7 Å². The molecule has 0 atom stereocenters. The molecule has 0 bridgehead atoms. The Morgan fingerprint density at radius 2 is 1.79 bits per heavy atom. The molecule has 0 aliphatic rings. The average Bonchev–Trinajstić information content (AvgIpc) is 3.07. The van der Waals surface area contributed by atoms with Crippen molar-refractivity contribution in [3.8, 4) is 11.3 Å². The van der Waals surface area contributed by atoms with Crippen LogP contribution < -0.4 is 0 Å². The number of fused-ring (bicyclic) bond motifs is 2. The van der Waals surface area contributed by atoms with Gasteiger partial charge in [0, 0.05) is 25.0 Å². The summed E-state index contributed by atoms with van der Waals surface area (Å²) < 4.78 is 41.8. The summed E-state index contributed by atoms with van der Waals surface area (Å²) in [5.41, 5.74) is 3.03. The first-order valence-corrected chi connectivity index (χ1v) is 7.32. The summed E-state index contributed by atoms with van der Waals surface area (Å²) in [5.74, 6) is 0.895. The summed E-state index contributed by atoms with van der Waals surface area (Å²) in [4.78, 5) is 8.88. The van der Waals surface area contributed by atoms with E-state index in [-0.39, 0.29) is 0 Å². The van der Waals surface area contributed by atoms with Crippen molar-refractivity contribution in [2.75, 3.05) is 0 Å². The number of hydrogen-bond acceptors (Lipinski definition) is 2. The SMILES string of the molecule is Cc1nc2cc(-c3cn4cc(C(F)(F)F)ccc4n3)ccc2n1C. The smallest absolute Gasteiger partial charge is 0.331 e. The fourth-order valence-corrected chi connectivity index (χ4v) is 2.78. The molecule has 0 unspecified atom stereocenters. The number of benzene rings is 1. The van der Waals surface area contributed by atoms with Crippen molar-refractivity contribution in [1.82, 2.24) is 18.9 Å². The van der Waals surface area contributed by atoms with Crippen molar-refractivity contribution in [2.24, 2.45) is 7.05 Å². The molecule has 1 aromatic carbocycles. The van der Waals surface area contributed by atoms with E-state index < -0.39 is 11.7 Å². The third-order valence-electron chi connectivity index (χ3n) is 4.18. The second kappa shape index (κ2) is 4.83. The second-order valence-electron chi connectivity index (χ2n) is 5.73. The van der Waals surface area contributed by atoms with E-state index in [0.29, 0.717) is 11.3 Å². The Balaban J connectivity index is 1.84. The van der Waals surface area contributed by atoms with Gasteiger partial charge in [0.15, 0.2) is 0 Å². The highest BCUT2D eigenvalue weighted by Crippen LogP contribution is 2.30. The molecule has 0 aliphatic carbocycles. The fourth-order valence-electron chi connectivity index (χ4n) is 2.78. The predicted octanol–water partition coefficient (Wildman–Crippen LogP) is 4.22. The van der Waals surface area contributed by atoms with Gasteiger partial charge in [0.1, 0.15) is 11.5 Å². The molecule has 0 radical (unpaired) electrons. The van der Waals surface area contributed by atoms with Crippen molar-refractivity contribution >= 4 is 16.7 Å². The molecular formula is C17H13F3N4. The third-order valence-corrected chi connectivity index (χ3v) is 4.18. The Bertz CT molecular complexity index is 1070. The van der Waals surface area contributed by atoms with E-state index in [0.717, 1.165) is 34.7 Å². The lowest BCUT2D eigenvalue weighted by Gasteiger charge is -2.05. The van der Waals surface area contributed by atoms with E-state index in [9.17, 15) is 13.2 Å². The molecule has 0 aliphatic heterocycles. The summed E-state index contributed by atoms with van der Waals surface area (Å²) in [6, 6.07) is 8.15. The normalized spacial score (nSPS) is 12.4. The Morgan fingerprint density at radius 1 is 1.00 bits per heavy atom. The predicted molar refractivity (Wildman–Crippen MR) is 84.6 cm³/mol. The van der Waals surface area contributed by atoms with Crippen molar-refractivity contribution in [3.63, 3.8) is 0 Å². The zero-order valence-electron chi connectivity index (χ0n) is 13.0. The van der Waals surface area contributed by atoms with E-state index in [2.05, 4.69) is 9.97 Å². The summed E-state index contributed by atoms with van der Waals surface area (Å²) in [7, 11) is 1.94. The maximum Gasteiger partial charge on any atom is 0.417 e. The van der Waals surface area contributed by atoms with Crippen LogP contribution in [0.5, 0.6) is 0 Å². The lowest BCUT2D eigenvalue weighted by atomic mass is 10.1. The first kappa shape index (κ1) is 14.7. The first-order chi connectivity index (χ1) is 11.3. The fraction of sp³-hybridized carbons (Fsp3) is 0.176. The number of halogens is 3. The summed E-state index contributed by atoms with van der Waals surface area (Å²) in [5, 5.41) is 0. The van der Waals surface area contributed by atoms with Gasteiger partial charge in [-0.1, -0.05) is 6.07 Å². The quantitative estimate of drug-likeness (QED) is 0.524. The monoisotopic (exact) mass is 330 g/mol. The minimum absolute atomic E-state index is 0.468. The summed E-state index contributed by atoms with van der Waals surface area (Å²) in [6.45, 7) is 1.92. The number of hydrogen-bond donors (Lipinski definition) is 0. The van der Waals surface area contributed by atoms with Crippen LogP contribution in [0.25, 0.3) is 27.9 Å². The zero-order valence-corrected chi connectivity index (χ0v) is 13.0. The molecule has 4 aromatic rings. The topological polar surface area (TPSA) is 35.1 Å². The van der Waals surface area contributed by atoms with Crippen LogP contribution in [0.4, 0.5) is 13.2 Å². The maximum atomic E-state index is 12.8. The van der Waals surface area contributed by atoms with E-state index in [1.165, 1.54) is 10.5 Å². The Hall–Kier alpha value is -2.83. The molecule has 0 saturated carbocycles. The molecule has 0 N–H and O–H groups in total. The summed E-state index contributed by atoms with van der Waals surface area (Å²) >= 11 is 0. The lowest BCUT2D eigenvalue weighted by Crippen LogP contribution is -2.05. The van der Waals surface area contributed by atoms with Crippen LogP contribution >= 0.6 is 0 Å². The number of aromatic nitrogens is 4. The molecule has 0 saturated heterocycles. The number of rotatable bonds is 1. The number of imidazole rings is 2. The molecule has 122 valence electrons. The average molecular weight is 330 g/mol. The van der Waals surface area contributed by atoms with Gasteiger partial charge in [-0.3, -0.25) is 0 Å². The van der Waals surface area contributed by atoms with Crippen LogP contribution in [0.1, 0.15) is 11.4 Å². The first-order valence-electron chi connectivity index (χ1n) is 7.32. The maximum absolute atomic E-state index is 12.8. The molecule has 3 aromatic heterocycles. The molecule has 4 rings (SSSR count). The highest BCUT2D eigenvalue weighted by Gasteiger charge is 2.30. The van der Waals surface area contributed by atoms with Gasteiger partial charge < -0.3 is 8.97 Å². The zero-order chi connectivity index (χ0) is 17.1. The Morgan fingerprint density at radius 3 is 2.54 bits per heavy atom. The van der Waals surface area contributed by atoms with Crippen LogP contribution in [-0.4, -0.2) is 18.9 Å². The Kier molecular flexibility index (Phi) is 2.97. The molecule has 4 nitrogen and oxygen atoms in total. The number of nitrogens with zero attached hydrogens (tertiary/aromatic N) is 4. The highest BCUT2D eigenvalue weighted by atomic mass is 19.4. The van der Waals surface area contributed by atoms with E-state index in [1.54, 1.807) is 6.20 Å². The molecule has 7 heteroatoms. The van der Waals surface area contributed by atoms with Gasteiger partial charge in [0.05, 0.1) is 22.3 Å². The summed E-state index contributed by atoms with van der Waals surface area (Å²) in [6.07, 6.45) is -1.72. The van der Waals surface area contributed by atoms with Crippen molar-refractivity contribution < 1.29 is 13.2 Å². The van der Waals surface area contributed by atoms with Crippen molar-refractivity contribution in [2.45, 2.75) is 13.1 Å². The van der Waals surface area contributed by atoms with Crippen LogP contribution in [-0.2, 0) is 13.2 Å². The molecular weight excluding hydrogens is 317 g/mol. The molecule has 0 amide bonds. The molecule has 0 fully saturated rings. The highest BCUT2D eigenvalue weighted by molar-refractivity contribution is 5.82. The van der Waals surface area contributed by atoms with Gasteiger partial charge >= 0.3 is 6.18 Å². The van der Waals surface area contributed by atoms with E-state index >= 15 is 0 Å². The molecule has 0 spiro atoms. The van der Waals surface area contributed by atoms with Crippen LogP contribution in [0, 0.1) is 6.92 Å².